The van der Waals surface area contributed by atoms with E-state index in [-0.39, 0.29) is 17.9 Å². The molecular weight excluding hydrogens is 304 g/mol. The smallest absolute Gasteiger partial charge is 0.274 e. The van der Waals surface area contributed by atoms with E-state index in [1.165, 1.54) is 12.4 Å². The number of aromatic nitrogens is 2. The van der Waals surface area contributed by atoms with Crippen molar-refractivity contribution in [3.63, 3.8) is 0 Å². The lowest BCUT2D eigenvalue weighted by atomic mass is 10.0. The monoisotopic (exact) mass is 324 g/mol. The van der Waals surface area contributed by atoms with Crippen LogP contribution in [0.5, 0.6) is 0 Å². The Bertz CT molecular complexity index is 708. The van der Waals surface area contributed by atoms with Crippen molar-refractivity contribution in [3.8, 4) is 0 Å². The molecule has 2 heterocycles. The number of likely N-dealkylation sites (tertiary alicyclic amines) is 1. The fraction of sp³-hybridized carbons (Fsp3) is 0.333. The van der Waals surface area contributed by atoms with E-state index in [4.69, 9.17) is 0 Å². The van der Waals surface area contributed by atoms with Crippen LogP contribution in [0.2, 0.25) is 0 Å². The molecule has 6 heteroatoms. The predicted molar refractivity (Wildman–Crippen MR) is 89.6 cm³/mol. The van der Waals surface area contributed by atoms with E-state index in [0.29, 0.717) is 24.3 Å². The number of nitrogens with zero attached hydrogens (tertiary/aromatic N) is 3. The first-order valence-corrected chi connectivity index (χ1v) is 8.06. The molecule has 1 aromatic heterocycles. The Morgan fingerprint density at radius 1 is 1.12 bits per heavy atom. The second-order valence-corrected chi connectivity index (χ2v) is 6.00. The summed E-state index contributed by atoms with van der Waals surface area (Å²) in [5.74, 6) is -0.167. The minimum atomic E-state index is -0.105. The van der Waals surface area contributed by atoms with Crippen LogP contribution in [0.1, 0.15) is 39.3 Å². The van der Waals surface area contributed by atoms with Gasteiger partial charge in [-0.3, -0.25) is 14.6 Å². The number of nitrogens with one attached hydrogen (secondary N) is 1. The normalized spacial score (nSPS) is 15.1. The van der Waals surface area contributed by atoms with Crippen LogP contribution in [0, 0.1) is 6.92 Å². The zero-order valence-corrected chi connectivity index (χ0v) is 13.6. The van der Waals surface area contributed by atoms with Crippen LogP contribution in [-0.2, 0) is 0 Å². The second kappa shape index (κ2) is 7.21. The summed E-state index contributed by atoms with van der Waals surface area (Å²) in [6.45, 7) is 3.20. The Morgan fingerprint density at radius 2 is 1.83 bits per heavy atom. The van der Waals surface area contributed by atoms with Crippen molar-refractivity contribution in [2.24, 2.45) is 0 Å². The van der Waals surface area contributed by atoms with Crippen molar-refractivity contribution >= 4 is 11.8 Å². The largest absolute Gasteiger partial charge is 0.349 e. The van der Waals surface area contributed by atoms with Gasteiger partial charge in [-0.25, -0.2) is 4.98 Å². The third-order valence-corrected chi connectivity index (χ3v) is 4.21. The maximum Gasteiger partial charge on any atom is 0.274 e. The number of rotatable bonds is 3. The molecule has 0 bridgehead atoms. The molecule has 0 saturated carbocycles. The summed E-state index contributed by atoms with van der Waals surface area (Å²) in [5, 5.41) is 3.05. The number of piperidine rings is 1. The molecule has 1 aliphatic heterocycles. The van der Waals surface area contributed by atoms with Crippen LogP contribution < -0.4 is 5.32 Å². The number of amides is 2. The number of carbonyl (C=O) groups is 2. The Hall–Kier alpha value is -2.76. The van der Waals surface area contributed by atoms with Gasteiger partial charge in [0.15, 0.2) is 0 Å². The van der Waals surface area contributed by atoms with E-state index in [0.717, 1.165) is 18.4 Å². The Kier molecular flexibility index (Phi) is 4.84. The SMILES string of the molecule is Cc1ccc(C(=O)NC2CCN(C(=O)c3cnccn3)CC2)cc1. The lowest BCUT2D eigenvalue weighted by Gasteiger charge is -2.32. The van der Waals surface area contributed by atoms with E-state index in [1.54, 1.807) is 11.1 Å². The summed E-state index contributed by atoms with van der Waals surface area (Å²) >= 11 is 0. The van der Waals surface area contributed by atoms with Crippen molar-refractivity contribution in [1.82, 2.24) is 20.2 Å². The Balaban J connectivity index is 1.53. The molecule has 0 aliphatic carbocycles. The highest BCUT2D eigenvalue weighted by molar-refractivity contribution is 5.94. The first-order chi connectivity index (χ1) is 11.6. The molecule has 0 unspecified atom stereocenters. The molecule has 0 atom stereocenters. The lowest BCUT2D eigenvalue weighted by Crippen LogP contribution is -2.46. The summed E-state index contributed by atoms with van der Waals surface area (Å²) in [6, 6.07) is 7.60. The van der Waals surface area contributed by atoms with Crippen LogP contribution in [0.15, 0.2) is 42.9 Å². The quantitative estimate of drug-likeness (QED) is 0.934. The summed E-state index contributed by atoms with van der Waals surface area (Å²) in [7, 11) is 0. The van der Waals surface area contributed by atoms with Gasteiger partial charge in [0.2, 0.25) is 0 Å². The van der Waals surface area contributed by atoms with Gasteiger partial charge in [0.25, 0.3) is 11.8 Å². The summed E-state index contributed by atoms with van der Waals surface area (Å²) in [6.07, 6.45) is 6.02. The van der Waals surface area contributed by atoms with Crippen molar-refractivity contribution in [2.75, 3.05) is 13.1 Å². The van der Waals surface area contributed by atoms with E-state index in [1.807, 2.05) is 31.2 Å². The summed E-state index contributed by atoms with van der Waals surface area (Å²) in [4.78, 5) is 34.3. The van der Waals surface area contributed by atoms with Gasteiger partial charge in [0.05, 0.1) is 6.20 Å². The van der Waals surface area contributed by atoms with Crippen LogP contribution in [-0.4, -0.2) is 45.8 Å². The first kappa shape index (κ1) is 16.1. The molecule has 1 aliphatic rings. The van der Waals surface area contributed by atoms with Crippen LogP contribution >= 0.6 is 0 Å². The van der Waals surface area contributed by atoms with Crippen molar-refractivity contribution in [3.05, 3.63) is 59.7 Å². The van der Waals surface area contributed by atoms with Crippen molar-refractivity contribution in [2.45, 2.75) is 25.8 Å². The van der Waals surface area contributed by atoms with E-state index in [9.17, 15) is 9.59 Å². The predicted octanol–water partition coefficient (Wildman–Crippen LogP) is 1.82. The molecular formula is C18H20N4O2. The van der Waals surface area contributed by atoms with E-state index >= 15 is 0 Å². The number of hydrogen-bond donors (Lipinski definition) is 1. The average molecular weight is 324 g/mol. The highest BCUT2D eigenvalue weighted by Gasteiger charge is 2.25. The van der Waals surface area contributed by atoms with Crippen LogP contribution in [0.4, 0.5) is 0 Å². The fourth-order valence-electron chi connectivity index (χ4n) is 2.77. The standard InChI is InChI=1S/C18H20N4O2/c1-13-2-4-14(5-3-13)17(23)21-15-6-10-22(11-7-15)18(24)16-12-19-8-9-20-16/h2-5,8-9,12,15H,6-7,10-11H2,1H3,(H,21,23). The molecule has 1 fully saturated rings. The van der Waals surface area contributed by atoms with Gasteiger partial charge in [-0.05, 0) is 31.9 Å². The van der Waals surface area contributed by atoms with Gasteiger partial charge in [-0.1, -0.05) is 17.7 Å². The molecule has 1 saturated heterocycles. The van der Waals surface area contributed by atoms with Crippen LogP contribution in [0.25, 0.3) is 0 Å². The topological polar surface area (TPSA) is 75.2 Å². The summed E-state index contributed by atoms with van der Waals surface area (Å²) in [5.41, 5.74) is 2.15. The maximum atomic E-state index is 12.3. The van der Waals surface area contributed by atoms with E-state index in [2.05, 4.69) is 15.3 Å². The number of hydrogen-bond acceptors (Lipinski definition) is 4. The molecule has 0 spiro atoms. The zero-order valence-electron chi connectivity index (χ0n) is 13.6. The molecule has 1 N–H and O–H groups in total. The molecule has 1 aromatic carbocycles. The first-order valence-electron chi connectivity index (χ1n) is 8.06. The third kappa shape index (κ3) is 3.76. The Morgan fingerprint density at radius 3 is 2.46 bits per heavy atom. The molecule has 24 heavy (non-hydrogen) atoms. The van der Waals surface area contributed by atoms with Crippen molar-refractivity contribution < 1.29 is 9.59 Å². The van der Waals surface area contributed by atoms with Gasteiger partial charge < -0.3 is 10.2 Å². The van der Waals surface area contributed by atoms with Gasteiger partial charge >= 0.3 is 0 Å². The van der Waals surface area contributed by atoms with Crippen LogP contribution in [0.3, 0.4) is 0 Å². The highest BCUT2D eigenvalue weighted by Crippen LogP contribution is 2.14. The lowest BCUT2D eigenvalue weighted by molar-refractivity contribution is 0.0692. The molecule has 2 aromatic rings. The van der Waals surface area contributed by atoms with Gasteiger partial charge in [0, 0.05) is 37.1 Å². The van der Waals surface area contributed by atoms with Gasteiger partial charge in [-0.15, -0.1) is 0 Å². The average Bonchev–Trinajstić information content (AvgIpc) is 2.63. The van der Waals surface area contributed by atoms with Crippen molar-refractivity contribution in [1.29, 1.82) is 0 Å². The number of aryl methyl sites for hydroxylation is 1. The number of carbonyl (C=O) groups excluding carboxylic acids is 2. The molecule has 2 amide bonds. The number of benzene rings is 1. The highest BCUT2D eigenvalue weighted by atomic mass is 16.2. The fourth-order valence-corrected chi connectivity index (χ4v) is 2.77. The van der Waals surface area contributed by atoms with Gasteiger partial charge in [-0.2, -0.15) is 0 Å². The van der Waals surface area contributed by atoms with E-state index < -0.39 is 0 Å². The Labute approximate surface area is 140 Å². The minimum absolute atomic E-state index is 0.0614. The zero-order chi connectivity index (χ0) is 16.9. The van der Waals surface area contributed by atoms with Gasteiger partial charge in [0.1, 0.15) is 5.69 Å². The minimum Gasteiger partial charge on any atom is -0.349 e. The molecule has 124 valence electrons. The molecule has 6 nitrogen and oxygen atoms in total. The molecule has 0 radical (unpaired) electrons. The maximum absolute atomic E-state index is 12.3. The molecule has 3 rings (SSSR count). The second-order valence-electron chi connectivity index (χ2n) is 6.00. The third-order valence-electron chi connectivity index (χ3n) is 4.21. The summed E-state index contributed by atoms with van der Waals surface area (Å²) < 4.78 is 0.